The van der Waals surface area contributed by atoms with Crippen LogP contribution in [0.4, 0.5) is 4.79 Å². The zero-order valence-electron chi connectivity index (χ0n) is 14.1. The molecule has 2 fully saturated rings. The molecule has 0 aromatic heterocycles. The average Bonchev–Trinajstić information content (AvgIpc) is 2.96. The summed E-state index contributed by atoms with van der Waals surface area (Å²) in [6, 6.07) is -0.155. The Morgan fingerprint density at radius 1 is 1.40 bits per heavy atom. The highest BCUT2D eigenvalue weighted by atomic mass is 16.5. The number of fused-ring (bicyclic) bond motifs is 4. The molecule has 9 nitrogen and oxygen atoms in total. The van der Waals surface area contributed by atoms with Crippen LogP contribution < -0.4 is 5.73 Å². The normalized spacial score (nSPS) is 38.6. The van der Waals surface area contributed by atoms with E-state index < -0.39 is 23.5 Å². The summed E-state index contributed by atoms with van der Waals surface area (Å²) in [6.45, 7) is 1.67. The summed E-state index contributed by atoms with van der Waals surface area (Å²) < 4.78 is 10.0. The van der Waals surface area contributed by atoms with Crippen molar-refractivity contribution in [1.29, 1.82) is 0 Å². The van der Waals surface area contributed by atoms with Gasteiger partial charge in [-0.3, -0.25) is 14.5 Å². The summed E-state index contributed by atoms with van der Waals surface area (Å²) in [5.41, 5.74) is 4.09. The molecular weight excluding hydrogens is 330 g/mol. The van der Waals surface area contributed by atoms with Crippen molar-refractivity contribution < 1.29 is 29.0 Å². The number of ether oxygens (including phenoxy) is 2. The molecule has 0 bridgehead atoms. The summed E-state index contributed by atoms with van der Waals surface area (Å²) in [5, 5.41) is 11.4. The fourth-order valence-electron chi connectivity index (χ4n) is 4.60. The van der Waals surface area contributed by atoms with Gasteiger partial charge < -0.3 is 25.2 Å². The van der Waals surface area contributed by atoms with Gasteiger partial charge in [0, 0.05) is 23.7 Å². The van der Waals surface area contributed by atoms with Crippen molar-refractivity contribution in [2.75, 3.05) is 27.3 Å². The molecule has 0 saturated carbocycles. The van der Waals surface area contributed by atoms with Crippen LogP contribution in [-0.2, 0) is 19.1 Å². The van der Waals surface area contributed by atoms with Crippen LogP contribution in [0.15, 0.2) is 22.6 Å². The Balaban J connectivity index is 1.82. The maximum absolute atomic E-state index is 12.9. The van der Waals surface area contributed by atoms with Gasteiger partial charge in [0.25, 0.3) is 0 Å². The van der Waals surface area contributed by atoms with Gasteiger partial charge >= 0.3 is 6.09 Å². The smallest absolute Gasteiger partial charge is 0.404 e. The Hall–Kier alpha value is -2.39. The molecule has 1 amide bonds. The summed E-state index contributed by atoms with van der Waals surface area (Å²) in [7, 11) is 3.18. The first-order valence-electron chi connectivity index (χ1n) is 7.97. The van der Waals surface area contributed by atoms with Crippen LogP contribution in [0.5, 0.6) is 0 Å². The molecule has 0 radical (unpaired) electrons. The van der Waals surface area contributed by atoms with Crippen molar-refractivity contribution in [3.8, 4) is 0 Å². The minimum atomic E-state index is -1.49. The summed E-state index contributed by atoms with van der Waals surface area (Å²) in [4.78, 5) is 40.4. The molecule has 4 rings (SSSR count). The van der Waals surface area contributed by atoms with Crippen LogP contribution in [0.1, 0.15) is 6.92 Å². The summed E-state index contributed by atoms with van der Waals surface area (Å²) >= 11 is 0. The number of carbonyl (C=O) groups excluding carboxylic acids is 3. The standard InChI is InChI=1S/C16H19N3O6/c1-6-11(20)10-9(12(21)13(6)24-3)7(5-25-15(17)22)16(23)14-8(18(14)2)4-19(10)16/h7-8,14,23H,4-5H2,1-3H3,(H2,17,22). The zero-order valence-corrected chi connectivity index (χ0v) is 14.1. The molecule has 9 heteroatoms. The van der Waals surface area contributed by atoms with Gasteiger partial charge in [-0.15, -0.1) is 0 Å². The quantitative estimate of drug-likeness (QED) is 0.477. The number of rotatable bonds is 3. The van der Waals surface area contributed by atoms with Crippen LogP contribution in [-0.4, -0.2) is 77.7 Å². The highest BCUT2D eigenvalue weighted by Gasteiger charge is 2.74. The Labute approximate surface area is 143 Å². The van der Waals surface area contributed by atoms with Crippen molar-refractivity contribution in [1.82, 2.24) is 9.80 Å². The predicted molar refractivity (Wildman–Crippen MR) is 82.8 cm³/mol. The maximum Gasteiger partial charge on any atom is 0.404 e. The van der Waals surface area contributed by atoms with E-state index in [1.807, 2.05) is 11.9 Å². The first-order valence-corrected chi connectivity index (χ1v) is 7.97. The number of nitrogens with two attached hydrogens (primary N) is 1. The van der Waals surface area contributed by atoms with Crippen molar-refractivity contribution >= 4 is 17.7 Å². The highest BCUT2D eigenvalue weighted by Crippen LogP contribution is 2.57. The molecule has 2 saturated heterocycles. The second-order valence-corrected chi connectivity index (χ2v) is 6.83. The van der Waals surface area contributed by atoms with Gasteiger partial charge in [-0.05, 0) is 14.0 Å². The van der Waals surface area contributed by atoms with Gasteiger partial charge in [0.15, 0.2) is 11.5 Å². The minimum absolute atomic E-state index is 0.0432. The number of primary amides is 1. The molecule has 0 spiro atoms. The number of likely N-dealkylation sites (N-methyl/N-ethyl adjacent to an activating group) is 1. The second-order valence-electron chi connectivity index (χ2n) is 6.83. The lowest BCUT2D eigenvalue weighted by molar-refractivity contribution is -0.126. The van der Waals surface area contributed by atoms with E-state index in [2.05, 4.69) is 0 Å². The lowest BCUT2D eigenvalue weighted by Gasteiger charge is -2.37. The van der Waals surface area contributed by atoms with Crippen LogP contribution in [0.3, 0.4) is 0 Å². The van der Waals surface area contributed by atoms with Crippen molar-refractivity contribution in [2.45, 2.75) is 24.7 Å². The number of Topliss-reactive ketones (excluding diaryl/α,β-unsaturated/α-hetero) is 2. The van der Waals surface area contributed by atoms with E-state index in [0.717, 1.165) is 0 Å². The van der Waals surface area contributed by atoms with E-state index in [4.69, 9.17) is 15.2 Å². The molecule has 3 N–H and O–H groups in total. The number of aliphatic hydroxyl groups is 1. The largest absolute Gasteiger partial charge is 0.492 e. The van der Waals surface area contributed by atoms with E-state index in [0.29, 0.717) is 6.54 Å². The number of amides is 1. The number of nitrogens with zero attached hydrogens (tertiary/aromatic N) is 2. The molecule has 4 aliphatic rings. The van der Waals surface area contributed by atoms with Crippen molar-refractivity contribution in [2.24, 2.45) is 11.7 Å². The average molecular weight is 349 g/mol. The summed E-state index contributed by atoms with van der Waals surface area (Å²) in [5.74, 6) is -1.73. The van der Waals surface area contributed by atoms with E-state index in [1.54, 1.807) is 4.90 Å². The molecule has 0 aromatic rings. The Bertz CT molecular complexity index is 787. The predicted octanol–water partition coefficient (Wildman–Crippen LogP) is -1.28. The molecule has 3 heterocycles. The highest BCUT2D eigenvalue weighted by molar-refractivity contribution is 6.25. The van der Waals surface area contributed by atoms with Gasteiger partial charge in [-0.2, -0.15) is 0 Å². The first kappa shape index (κ1) is 16.1. The lowest BCUT2D eigenvalue weighted by atomic mass is 9.83. The molecule has 3 aliphatic heterocycles. The number of piperazine rings is 1. The molecule has 1 aliphatic carbocycles. The molecule has 134 valence electrons. The third kappa shape index (κ3) is 1.77. The fraction of sp³-hybridized carbons (Fsp3) is 0.562. The Morgan fingerprint density at radius 3 is 2.68 bits per heavy atom. The lowest BCUT2D eigenvalue weighted by Crippen LogP contribution is -2.53. The Morgan fingerprint density at radius 2 is 2.08 bits per heavy atom. The molecule has 5 atom stereocenters. The van der Waals surface area contributed by atoms with Gasteiger partial charge in [0.1, 0.15) is 6.61 Å². The van der Waals surface area contributed by atoms with Crippen LogP contribution in [0.25, 0.3) is 0 Å². The Kier molecular flexibility index (Phi) is 3.11. The van der Waals surface area contributed by atoms with Crippen LogP contribution in [0, 0.1) is 5.92 Å². The van der Waals surface area contributed by atoms with E-state index in [1.165, 1.54) is 14.0 Å². The second kappa shape index (κ2) is 4.83. The van der Waals surface area contributed by atoms with Gasteiger partial charge in [0.2, 0.25) is 11.6 Å². The number of methoxy groups -OCH3 is 1. The van der Waals surface area contributed by atoms with E-state index in [-0.39, 0.29) is 47.1 Å². The van der Waals surface area contributed by atoms with Crippen LogP contribution in [0.2, 0.25) is 0 Å². The van der Waals surface area contributed by atoms with Gasteiger partial charge in [0.05, 0.1) is 24.8 Å². The van der Waals surface area contributed by atoms with E-state index >= 15 is 0 Å². The van der Waals surface area contributed by atoms with Crippen molar-refractivity contribution in [3.05, 3.63) is 22.6 Å². The van der Waals surface area contributed by atoms with Gasteiger partial charge in [-0.25, -0.2) is 4.79 Å². The molecule has 25 heavy (non-hydrogen) atoms. The minimum Gasteiger partial charge on any atom is -0.492 e. The first-order chi connectivity index (χ1) is 11.7. The zero-order chi connectivity index (χ0) is 18.3. The fourth-order valence-corrected chi connectivity index (χ4v) is 4.60. The third-order valence-electron chi connectivity index (χ3n) is 5.80. The molecule has 0 aromatic carbocycles. The van der Waals surface area contributed by atoms with Crippen molar-refractivity contribution in [3.63, 3.8) is 0 Å². The maximum atomic E-state index is 12.9. The molecule has 5 unspecified atom stereocenters. The number of hydrogen-bond acceptors (Lipinski definition) is 8. The number of ketones is 2. The SMILES string of the molecule is COC1=C(C)C(=O)C2=C(C1=O)C(COC(N)=O)C1(O)C3C(CN21)N3C. The van der Waals surface area contributed by atoms with Gasteiger partial charge in [-0.1, -0.05) is 0 Å². The van der Waals surface area contributed by atoms with E-state index in [9.17, 15) is 19.5 Å². The topological polar surface area (TPSA) is 122 Å². The van der Waals surface area contributed by atoms with Crippen LogP contribution >= 0.6 is 0 Å². The molecular formula is C16H19N3O6. The number of carbonyl (C=O) groups is 3. The monoisotopic (exact) mass is 349 g/mol. The number of hydrogen-bond donors (Lipinski definition) is 2. The third-order valence-corrected chi connectivity index (χ3v) is 5.80. The number of allylic oxidation sites excluding steroid dienone is 2. The summed E-state index contributed by atoms with van der Waals surface area (Å²) in [6.07, 6.45) is -1.00.